The predicted octanol–water partition coefficient (Wildman–Crippen LogP) is 2.14. The van der Waals surface area contributed by atoms with Crippen LogP contribution >= 0.6 is 0 Å². The number of ether oxygens (including phenoxy) is 1. The summed E-state index contributed by atoms with van der Waals surface area (Å²) in [5.41, 5.74) is 0.604. The molecule has 1 aromatic heterocycles. The van der Waals surface area contributed by atoms with Gasteiger partial charge in [-0.3, -0.25) is 0 Å². The Balaban J connectivity index is 1.72. The minimum atomic E-state index is -1.04. The Labute approximate surface area is 117 Å². The van der Waals surface area contributed by atoms with Gasteiger partial charge in [0.1, 0.15) is 5.75 Å². The molecule has 2 rings (SSSR count). The Hall–Kier alpha value is -2.37. The van der Waals surface area contributed by atoms with Gasteiger partial charge in [0.05, 0.1) is 12.3 Å². The molecule has 1 heterocycles. The zero-order valence-electron chi connectivity index (χ0n) is 11.3. The third-order valence-corrected chi connectivity index (χ3v) is 2.96. The smallest absolute Gasteiger partial charge is 0.358 e. The molecule has 0 aliphatic heterocycles. The van der Waals surface area contributed by atoms with Crippen molar-refractivity contribution in [2.45, 2.75) is 26.3 Å². The average molecular weight is 275 g/mol. The summed E-state index contributed by atoms with van der Waals surface area (Å²) in [7, 11) is 0. The average Bonchev–Trinajstić information content (AvgIpc) is 2.81. The molecule has 106 valence electrons. The maximum Gasteiger partial charge on any atom is 0.358 e. The third-order valence-electron chi connectivity index (χ3n) is 2.96. The predicted molar refractivity (Wildman–Crippen MR) is 72.9 cm³/mol. The van der Waals surface area contributed by atoms with Gasteiger partial charge >= 0.3 is 5.97 Å². The van der Waals surface area contributed by atoms with E-state index in [1.165, 1.54) is 0 Å². The first-order valence-electron chi connectivity index (χ1n) is 6.49. The van der Waals surface area contributed by atoms with Crippen LogP contribution in [0.1, 0.15) is 29.0 Å². The SMILES string of the molecule is Cc1c(C(=O)O)nnn1CCCCOc1ccccc1. The maximum atomic E-state index is 10.8. The number of carboxylic acids is 1. The summed E-state index contributed by atoms with van der Waals surface area (Å²) in [6, 6.07) is 9.64. The second-order valence-corrected chi connectivity index (χ2v) is 4.42. The minimum absolute atomic E-state index is 0.0190. The molecule has 20 heavy (non-hydrogen) atoms. The van der Waals surface area contributed by atoms with Gasteiger partial charge in [0.2, 0.25) is 0 Å². The van der Waals surface area contributed by atoms with Gasteiger partial charge < -0.3 is 9.84 Å². The largest absolute Gasteiger partial charge is 0.494 e. The monoisotopic (exact) mass is 275 g/mol. The van der Waals surface area contributed by atoms with Gasteiger partial charge in [-0.05, 0) is 31.9 Å². The molecule has 0 atom stereocenters. The summed E-state index contributed by atoms with van der Waals surface area (Å²) >= 11 is 0. The van der Waals surface area contributed by atoms with Crippen LogP contribution in [0.25, 0.3) is 0 Å². The van der Waals surface area contributed by atoms with E-state index in [4.69, 9.17) is 9.84 Å². The molecule has 0 amide bonds. The summed E-state index contributed by atoms with van der Waals surface area (Å²) in [4.78, 5) is 10.8. The van der Waals surface area contributed by atoms with E-state index in [1.807, 2.05) is 30.3 Å². The molecule has 0 fully saturated rings. The molecule has 1 aromatic carbocycles. The van der Waals surface area contributed by atoms with E-state index in [0.717, 1.165) is 18.6 Å². The van der Waals surface area contributed by atoms with Gasteiger partial charge in [0.15, 0.2) is 5.69 Å². The zero-order chi connectivity index (χ0) is 14.4. The Kier molecular flexibility index (Phi) is 4.70. The van der Waals surface area contributed by atoms with Gasteiger partial charge in [-0.25, -0.2) is 9.48 Å². The van der Waals surface area contributed by atoms with Gasteiger partial charge in [0, 0.05) is 6.54 Å². The fourth-order valence-corrected chi connectivity index (χ4v) is 1.84. The third kappa shape index (κ3) is 3.57. The molecule has 0 spiro atoms. The van der Waals surface area contributed by atoms with Crippen molar-refractivity contribution in [3.05, 3.63) is 41.7 Å². The van der Waals surface area contributed by atoms with Crippen LogP contribution < -0.4 is 4.74 Å². The topological polar surface area (TPSA) is 77.2 Å². The van der Waals surface area contributed by atoms with Gasteiger partial charge in [-0.2, -0.15) is 0 Å². The first-order chi connectivity index (χ1) is 9.68. The number of nitrogens with zero attached hydrogens (tertiary/aromatic N) is 3. The van der Waals surface area contributed by atoms with Gasteiger partial charge in [0.25, 0.3) is 0 Å². The van der Waals surface area contributed by atoms with Crippen LogP contribution in [0.3, 0.4) is 0 Å². The number of benzene rings is 1. The number of hydrogen-bond acceptors (Lipinski definition) is 4. The lowest BCUT2D eigenvalue weighted by Crippen LogP contribution is -2.06. The summed E-state index contributed by atoms with van der Waals surface area (Å²) < 4.78 is 7.20. The molecular formula is C14H17N3O3. The van der Waals surface area contributed by atoms with Crippen molar-refractivity contribution in [3.63, 3.8) is 0 Å². The van der Waals surface area contributed by atoms with Crippen molar-refractivity contribution in [3.8, 4) is 5.75 Å². The second kappa shape index (κ2) is 6.70. The first-order valence-corrected chi connectivity index (χ1v) is 6.49. The first kappa shape index (κ1) is 14.0. The van der Waals surface area contributed by atoms with E-state index in [2.05, 4.69) is 10.3 Å². The van der Waals surface area contributed by atoms with E-state index < -0.39 is 5.97 Å². The molecule has 0 saturated carbocycles. The van der Waals surface area contributed by atoms with Crippen LogP contribution in [0.15, 0.2) is 30.3 Å². The maximum absolute atomic E-state index is 10.8. The summed E-state index contributed by atoms with van der Waals surface area (Å²) in [6.45, 7) is 2.98. The lowest BCUT2D eigenvalue weighted by molar-refractivity contribution is 0.0689. The highest BCUT2D eigenvalue weighted by Gasteiger charge is 2.14. The number of hydrogen-bond donors (Lipinski definition) is 1. The molecule has 0 aliphatic rings. The number of aromatic nitrogens is 3. The minimum Gasteiger partial charge on any atom is -0.494 e. The van der Waals surface area contributed by atoms with Crippen molar-refractivity contribution < 1.29 is 14.6 Å². The number of carboxylic acid groups (broad SMARTS) is 1. The quantitative estimate of drug-likeness (QED) is 0.783. The van der Waals surface area contributed by atoms with Crippen LogP contribution in [-0.4, -0.2) is 32.7 Å². The molecule has 1 N–H and O–H groups in total. The zero-order valence-corrected chi connectivity index (χ0v) is 11.3. The highest BCUT2D eigenvalue weighted by molar-refractivity contribution is 5.86. The van der Waals surface area contributed by atoms with Crippen LogP contribution in [0, 0.1) is 6.92 Å². The Morgan fingerprint density at radius 2 is 2.05 bits per heavy atom. The van der Waals surface area contributed by atoms with Crippen molar-refractivity contribution in [1.82, 2.24) is 15.0 Å². The van der Waals surface area contributed by atoms with E-state index in [1.54, 1.807) is 11.6 Å². The van der Waals surface area contributed by atoms with Crippen LogP contribution in [0.5, 0.6) is 5.75 Å². The van der Waals surface area contributed by atoms with E-state index in [0.29, 0.717) is 18.8 Å². The van der Waals surface area contributed by atoms with Crippen molar-refractivity contribution >= 4 is 5.97 Å². The molecule has 6 heteroatoms. The molecule has 0 aliphatic carbocycles. The fraction of sp³-hybridized carbons (Fsp3) is 0.357. The number of carbonyl (C=O) groups is 1. The number of aromatic carboxylic acids is 1. The van der Waals surface area contributed by atoms with Crippen molar-refractivity contribution in [2.24, 2.45) is 0 Å². The number of para-hydroxylation sites is 1. The summed E-state index contributed by atoms with van der Waals surface area (Å²) in [5, 5.41) is 16.4. The lowest BCUT2D eigenvalue weighted by atomic mass is 10.3. The molecule has 0 unspecified atom stereocenters. The van der Waals surface area contributed by atoms with E-state index in [-0.39, 0.29) is 5.69 Å². The molecular weight excluding hydrogens is 258 g/mol. The Morgan fingerprint density at radius 3 is 2.70 bits per heavy atom. The molecule has 0 saturated heterocycles. The van der Waals surface area contributed by atoms with Gasteiger partial charge in [-0.15, -0.1) is 5.10 Å². The highest BCUT2D eigenvalue weighted by atomic mass is 16.5. The number of rotatable bonds is 7. The second-order valence-electron chi connectivity index (χ2n) is 4.42. The Bertz CT molecular complexity index is 566. The van der Waals surface area contributed by atoms with Crippen LogP contribution in [-0.2, 0) is 6.54 Å². The molecule has 2 aromatic rings. The normalized spacial score (nSPS) is 10.4. The number of unbranched alkanes of at least 4 members (excludes halogenated alkanes) is 1. The molecule has 6 nitrogen and oxygen atoms in total. The summed E-state index contributed by atoms with van der Waals surface area (Å²) in [5.74, 6) is -0.182. The van der Waals surface area contributed by atoms with E-state index in [9.17, 15) is 4.79 Å². The molecule has 0 radical (unpaired) electrons. The lowest BCUT2D eigenvalue weighted by Gasteiger charge is -2.06. The van der Waals surface area contributed by atoms with Crippen molar-refractivity contribution in [1.29, 1.82) is 0 Å². The molecule has 0 bridgehead atoms. The Morgan fingerprint density at radius 1 is 1.30 bits per heavy atom. The van der Waals surface area contributed by atoms with Crippen LogP contribution in [0.2, 0.25) is 0 Å². The summed E-state index contributed by atoms with van der Waals surface area (Å²) in [6.07, 6.45) is 1.73. The number of aryl methyl sites for hydroxylation is 1. The highest BCUT2D eigenvalue weighted by Crippen LogP contribution is 2.09. The van der Waals surface area contributed by atoms with Crippen LogP contribution in [0.4, 0.5) is 0 Å². The van der Waals surface area contributed by atoms with E-state index >= 15 is 0 Å². The fourth-order valence-electron chi connectivity index (χ4n) is 1.84. The van der Waals surface area contributed by atoms with Gasteiger partial charge in [-0.1, -0.05) is 23.4 Å². The van der Waals surface area contributed by atoms with Crippen molar-refractivity contribution in [2.75, 3.05) is 6.61 Å². The standard InChI is InChI=1S/C14H17N3O3/c1-11-13(14(18)19)15-16-17(11)9-5-6-10-20-12-7-3-2-4-8-12/h2-4,7-8H,5-6,9-10H2,1H3,(H,18,19).